The van der Waals surface area contributed by atoms with E-state index in [0.29, 0.717) is 39.4 Å². The first-order valence-corrected chi connectivity index (χ1v) is 10.2. The molecule has 148 valence electrons. The van der Waals surface area contributed by atoms with Gasteiger partial charge in [-0.05, 0) is 38.5 Å². The molecule has 0 unspecified atom stereocenters. The van der Waals surface area contributed by atoms with Crippen LogP contribution in [0.3, 0.4) is 0 Å². The molecule has 7 nitrogen and oxygen atoms in total. The molecule has 2 aromatic heterocycles. The van der Waals surface area contributed by atoms with Gasteiger partial charge in [0.25, 0.3) is 11.5 Å². The zero-order valence-electron chi connectivity index (χ0n) is 16.0. The first kappa shape index (κ1) is 20.5. The molecule has 9 heteroatoms. The first-order chi connectivity index (χ1) is 13.4. The van der Waals surface area contributed by atoms with Gasteiger partial charge < -0.3 is 10.1 Å². The van der Waals surface area contributed by atoms with Crippen LogP contribution in [0, 0.1) is 0 Å². The van der Waals surface area contributed by atoms with Crippen molar-refractivity contribution in [3.8, 4) is 0 Å². The van der Waals surface area contributed by atoms with Crippen LogP contribution in [0.4, 0.5) is 5.82 Å². The number of hydrogen-bond acceptors (Lipinski definition) is 7. The highest BCUT2D eigenvalue weighted by atomic mass is 32.2. The Morgan fingerprint density at radius 1 is 1.36 bits per heavy atom. The summed E-state index contributed by atoms with van der Waals surface area (Å²) in [5.74, 6) is 0.259. The fourth-order valence-electron chi connectivity index (χ4n) is 2.85. The SMILES string of the molecule is COCCCNc1nc2ccccn2c(=O)c1/C=C1/SC(=S)N(C(C)C)C1=O. The van der Waals surface area contributed by atoms with Crippen LogP contribution in [-0.4, -0.2) is 50.8 Å². The van der Waals surface area contributed by atoms with Crippen LogP contribution in [0.1, 0.15) is 25.8 Å². The smallest absolute Gasteiger partial charge is 0.267 e. The molecule has 0 atom stereocenters. The average molecular weight is 419 g/mol. The van der Waals surface area contributed by atoms with E-state index in [4.69, 9.17) is 17.0 Å². The van der Waals surface area contributed by atoms with E-state index in [-0.39, 0.29) is 17.5 Å². The quantitative estimate of drug-likeness (QED) is 0.421. The van der Waals surface area contributed by atoms with E-state index in [1.165, 1.54) is 16.2 Å². The highest BCUT2D eigenvalue weighted by Gasteiger charge is 2.34. The Hall–Kier alpha value is -2.23. The lowest BCUT2D eigenvalue weighted by Crippen LogP contribution is -2.34. The number of fused-ring (bicyclic) bond motifs is 1. The molecule has 1 N–H and O–H groups in total. The molecule has 28 heavy (non-hydrogen) atoms. The van der Waals surface area contributed by atoms with Gasteiger partial charge in [0.1, 0.15) is 15.8 Å². The average Bonchev–Trinajstić information content (AvgIpc) is 2.95. The summed E-state index contributed by atoms with van der Waals surface area (Å²) in [6.45, 7) is 5.00. The monoisotopic (exact) mass is 418 g/mol. The van der Waals surface area contributed by atoms with E-state index in [1.807, 2.05) is 19.9 Å². The molecule has 1 aliphatic rings. The summed E-state index contributed by atoms with van der Waals surface area (Å²) < 4.78 is 7.03. The van der Waals surface area contributed by atoms with Crippen LogP contribution in [0.2, 0.25) is 0 Å². The third kappa shape index (κ3) is 4.11. The molecular formula is C19H22N4O3S2. The number of pyridine rings is 1. The highest BCUT2D eigenvalue weighted by Crippen LogP contribution is 2.34. The van der Waals surface area contributed by atoms with E-state index in [2.05, 4.69) is 10.3 Å². The van der Waals surface area contributed by atoms with Gasteiger partial charge >= 0.3 is 0 Å². The van der Waals surface area contributed by atoms with Crippen molar-refractivity contribution in [1.82, 2.24) is 14.3 Å². The molecule has 0 spiro atoms. The third-order valence-corrected chi connectivity index (χ3v) is 5.53. The highest BCUT2D eigenvalue weighted by molar-refractivity contribution is 8.26. The second-order valence-corrected chi connectivity index (χ2v) is 8.20. The number of nitrogens with zero attached hydrogens (tertiary/aromatic N) is 3. The third-order valence-electron chi connectivity index (χ3n) is 4.20. The minimum Gasteiger partial charge on any atom is -0.385 e. The number of rotatable bonds is 7. The van der Waals surface area contributed by atoms with Crippen LogP contribution in [-0.2, 0) is 9.53 Å². The van der Waals surface area contributed by atoms with Crippen LogP contribution in [0.25, 0.3) is 11.7 Å². The predicted octanol–water partition coefficient (Wildman–Crippen LogP) is 2.75. The van der Waals surface area contributed by atoms with Gasteiger partial charge in [-0.15, -0.1) is 0 Å². The number of thiocarbonyl (C=S) groups is 1. The molecule has 2 aromatic rings. The first-order valence-electron chi connectivity index (χ1n) is 8.95. The molecule has 0 radical (unpaired) electrons. The molecule has 3 heterocycles. The normalized spacial score (nSPS) is 16.0. The van der Waals surface area contributed by atoms with E-state index in [0.717, 1.165) is 6.42 Å². The number of methoxy groups -OCH3 is 1. The molecule has 1 aliphatic heterocycles. The topological polar surface area (TPSA) is 75.9 Å². The number of aromatic nitrogens is 2. The van der Waals surface area contributed by atoms with Crippen molar-refractivity contribution in [2.45, 2.75) is 26.3 Å². The van der Waals surface area contributed by atoms with Gasteiger partial charge in [0.05, 0.1) is 10.5 Å². The lowest BCUT2D eigenvalue weighted by atomic mass is 10.2. The molecule has 0 bridgehead atoms. The number of carbonyl (C=O) groups excluding carboxylic acids is 1. The largest absolute Gasteiger partial charge is 0.385 e. The zero-order chi connectivity index (χ0) is 20.3. The number of hydrogen-bond donors (Lipinski definition) is 1. The van der Waals surface area contributed by atoms with Crippen molar-refractivity contribution in [1.29, 1.82) is 0 Å². The number of carbonyl (C=O) groups is 1. The van der Waals surface area contributed by atoms with Gasteiger partial charge in [-0.3, -0.25) is 18.9 Å². The number of anilines is 1. The van der Waals surface area contributed by atoms with Crippen LogP contribution < -0.4 is 10.9 Å². The summed E-state index contributed by atoms with van der Waals surface area (Å²) in [5.41, 5.74) is 0.633. The summed E-state index contributed by atoms with van der Waals surface area (Å²) in [6.07, 6.45) is 4.02. The number of thioether (sulfide) groups is 1. The second-order valence-electron chi connectivity index (χ2n) is 6.53. The van der Waals surface area contributed by atoms with Crippen LogP contribution >= 0.6 is 24.0 Å². The minimum absolute atomic E-state index is 0.0409. The Kier molecular flexibility index (Phi) is 6.48. The van der Waals surface area contributed by atoms with Gasteiger partial charge in [0.15, 0.2) is 0 Å². The molecule has 1 fully saturated rings. The van der Waals surface area contributed by atoms with E-state index >= 15 is 0 Å². The molecule has 1 saturated heterocycles. The molecule has 0 saturated carbocycles. The lowest BCUT2D eigenvalue weighted by molar-refractivity contribution is -0.123. The zero-order valence-corrected chi connectivity index (χ0v) is 17.6. The van der Waals surface area contributed by atoms with Gasteiger partial charge in [-0.25, -0.2) is 4.98 Å². The summed E-state index contributed by atoms with van der Waals surface area (Å²) in [5, 5.41) is 3.20. The summed E-state index contributed by atoms with van der Waals surface area (Å²) >= 11 is 6.53. The van der Waals surface area contributed by atoms with Gasteiger partial charge in [-0.2, -0.15) is 0 Å². The summed E-state index contributed by atoms with van der Waals surface area (Å²) in [7, 11) is 1.64. The Balaban J connectivity index is 2.05. The Labute approximate surface area is 172 Å². The fourth-order valence-corrected chi connectivity index (χ4v) is 4.35. The Bertz CT molecular complexity index is 1000. The maximum Gasteiger partial charge on any atom is 0.267 e. The van der Waals surface area contributed by atoms with E-state index < -0.39 is 0 Å². The minimum atomic E-state index is -0.241. The maximum absolute atomic E-state index is 13.1. The predicted molar refractivity (Wildman–Crippen MR) is 117 cm³/mol. The van der Waals surface area contributed by atoms with E-state index in [9.17, 15) is 9.59 Å². The van der Waals surface area contributed by atoms with Crippen molar-refractivity contribution < 1.29 is 9.53 Å². The van der Waals surface area contributed by atoms with Gasteiger partial charge in [-0.1, -0.05) is 30.0 Å². The van der Waals surface area contributed by atoms with Crippen molar-refractivity contribution >= 4 is 51.7 Å². The molecule has 0 aliphatic carbocycles. The van der Waals surface area contributed by atoms with Crippen molar-refractivity contribution in [2.24, 2.45) is 0 Å². The standard InChI is InChI=1S/C19H22N4O3S2/c1-12(2)23-18(25)14(28-19(23)27)11-13-16(20-8-6-10-26-3)21-15-7-4-5-9-22(15)17(13)24/h4-5,7,9,11-12,20H,6,8,10H2,1-3H3/b14-11+. The van der Waals surface area contributed by atoms with Crippen molar-refractivity contribution in [2.75, 3.05) is 25.6 Å². The van der Waals surface area contributed by atoms with Crippen LogP contribution in [0.15, 0.2) is 34.1 Å². The van der Waals surface area contributed by atoms with E-state index in [1.54, 1.807) is 36.4 Å². The number of ether oxygens (including phenoxy) is 1. The Morgan fingerprint density at radius 2 is 2.14 bits per heavy atom. The van der Waals surface area contributed by atoms with Gasteiger partial charge in [0, 0.05) is 32.5 Å². The van der Waals surface area contributed by atoms with Crippen LogP contribution in [0.5, 0.6) is 0 Å². The number of amides is 1. The Morgan fingerprint density at radius 3 is 2.82 bits per heavy atom. The molecule has 3 rings (SSSR count). The fraction of sp³-hybridized carbons (Fsp3) is 0.368. The lowest BCUT2D eigenvalue weighted by Gasteiger charge is -2.18. The maximum atomic E-state index is 13.1. The summed E-state index contributed by atoms with van der Waals surface area (Å²) in [6, 6.07) is 5.32. The van der Waals surface area contributed by atoms with Crippen molar-refractivity contribution in [3.05, 3.63) is 45.2 Å². The summed E-state index contributed by atoms with van der Waals surface area (Å²) in [4.78, 5) is 32.4. The second kappa shape index (κ2) is 8.85. The van der Waals surface area contributed by atoms with Crippen molar-refractivity contribution in [3.63, 3.8) is 0 Å². The molecular weight excluding hydrogens is 396 g/mol. The molecule has 0 aromatic carbocycles. The molecule has 1 amide bonds. The number of nitrogens with one attached hydrogen (secondary N) is 1. The van der Waals surface area contributed by atoms with Gasteiger partial charge in [0.2, 0.25) is 0 Å².